The van der Waals surface area contributed by atoms with E-state index in [9.17, 15) is 9.90 Å². The number of ketones is 1. The van der Waals surface area contributed by atoms with Gasteiger partial charge in [-0.15, -0.1) is 10.2 Å². The van der Waals surface area contributed by atoms with E-state index in [1.54, 1.807) is 53.9 Å². The summed E-state index contributed by atoms with van der Waals surface area (Å²) in [5, 5.41) is 18.2. The minimum absolute atomic E-state index is 0.0107. The van der Waals surface area contributed by atoms with Crippen LogP contribution in [0.4, 0.5) is 11.5 Å². The van der Waals surface area contributed by atoms with Crippen LogP contribution in [-0.4, -0.2) is 20.3 Å². The Hall–Kier alpha value is -3.02. The fraction of sp³-hybridized carbons (Fsp3) is 0.125. The van der Waals surface area contributed by atoms with Crippen molar-refractivity contribution in [2.45, 2.75) is 13.8 Å². The van der Waals surface area contributed by atoms with Gasteiger partial charge >= 0.3 is 0 Å². The molecule has 1 aromatic carbocycles. The zero-order chi connectivity index (χ0) is 15.7. The first-order valence-corrected chi connectivity index (χ1v) is 6.75. The summed E-state index contributed by atoms with van der Waals surface area (Å²) in [6.07, 6.45) is 1.77. The van der Waals surface area contributed by atoms with Gasteiger partial charge in [-0.3, -0.25) is 9.20 Å². The van der Waals surface area contributed by atoms with E-state index in [1.807, 2.05) is 0 Å². The highest BCUT2D eigenvalue weighted by atomic mass is 16.3. The Bertz CT molecular complexity index is 879. The lowest BCUT2D eigenvalue weighted by molar-refractivity contribution is 0.101. The molecule has 0 radical (unpaired) electrons. The summed E-state index contributed by atoms with van der Waals surface area (Å²) in [6.45, 7) is 3.32. The van der Waals surface area contributed by atoms with Crippen molar-refractivity contribution < 1.29 is 9.90 Å². The Morgan fingerprint density at radius 1 is 1.18 bits per heavy atom. The van der Waals surface area contributed by atoms with Crippen molar-refractivity contribution in [1.29, 1.82) is 0 Å². The summed E-state index contributed by atoms with van der Waals surface area (Å²) in [7, 11) is 0. The number of benzene rings is 1. The first kappa shape index (κ1) is 13.9. The third-order valence-corrected chi connectivity index (χ3v) is 3.31. The molecule has 2 aromatic heterocycles. The predicted octanol–water partition coefficient (Wildman–Crippen LogP) is 3.97. The molecular formula is C16H14N4O2. The van der Waals surface area contributed by atoms with Crippen molar-refractivity contribution >= 4 is 22.9 Å². The van der Waals surface area contributed by atoms with Crippen molar-refractivity contribution in [1.82, 2.24) is 9.38 Å². The Morgan fingerprint density at radius 3 is 2.59 bits per heavy atom. The molecule has 0 aliphatic heterocycles. The summed E-state index contributed by atoms with van der Waals surface area (Å²) in [6, 6.07) is 10.2. The molecule has 0 bridgehead atoms. The molecule has 2 heterocycles. The van der Waals surface area contributed by atoms with Gasteiger partial charge in [0.05, 0.1) is 11.4 Å². The van der Waals surface area contributed by atoms with E-state index in [0.717, 1.165) is 0 Å². The van der Waals surface area contributed by atoms with Crippen molar-refractivity contribution in [3.63, 3.8) is 0 Å². The summed E-state index contributed by atoms with van der Waals surface area (Å²) >= 11 is 0. The zero-order valence-electron chi connectivity index (χ0n) is 12.2. The van der Waals surface area contributed by atoms with Crippen LogP contribution in [0.2, 0.25) is 0 Å². The number of pyridine rings is 1. The number of hydrogen-bond acceptors (Lipinski definition) is 5. The summed E-state index contributed by atoms with van der Waals surface area (Å²) in [4.78, 5) is 15.5. The monoisotopic (exact) mass is 294 g/mol. The van der Waals surface area contributed by atoms with Gasteiger partial charge in [0, 0.05) is 11.8 Å². The lowest BCUT2D eigenvalue weighted by Crippen LogP contribution is -1.89. The van der Waals surface area contributed by atoms with Crippen LogP contribution in [0.1, 0.15) is 23.0 Å². The number of aryl methyl sites for hydroxylation is 1. The first-order valence-electron chi connectivity index (χ1n) is 6.75. The highest BCUT2D eigenvalue weighted by Gasteiger charge is 2.10. The van der Waals surface area contributed by atoms with Crippen molar-refractivity contribution in [2.75, 3.05) is 0 Å². The number of carbonyl (C=O) groups is 1. The van der Waals surface area contributed by atoms with Crippen LogP contribution in [0.3, 0.4) is 0 Å². The second-order valence-corrected chi connectivity index (χ2v) is 4.91. The Labute approximate surface area is 126 Å². The van der Waals surface area contributed by atoms with E-state index in [1.165, 1.54) is 6.92 Å². The summed E-state index contributed by atoms with van der Waals surface area (Å²) < 4.78 is 1.68. The van der Waals surface area contributed by atoms with Crippen LogP contribution < -0.4 is 0 Å². The topological polar surface area (TPSA) is 79.3 Å². The average molecular weight is 294 g/mol. The van der Waals surface area contributed by atoms with Gasteiger partial charge in [0.2, 0.25) is 0 Å². The van der Waals surface area contributed by atoms with Gasteiger partial charge in [0.25, 0.3) is 0 Å². The third kappa shape index (κ3) is 2.46. The maximum atomic E-state index is 11.2. The van der Waals surface area contributed by atoms with Gasteiger partial charge in [0.1, 0.15) is 0 Å². The number of aromatic nitrogens is 2. The second-order valence-electron chi connectivity index (χ2n) is 4.91. The van der Waals surface area contributed by atoms with Crippen LogP contribution in [0.25, 0.3) is 5.65 Å². The number of fused-ring (bicyclic) bond motifs is 1. The first-order chi connectivity index (χ1) is 10.6. The number of aromatic hydroxyl groups is 1. The van der Waals surface area contributed by atoms with Gasteiger partial charge < -0.3 is 5.11 Å². The number of nitrogens with zero attached hydrogens (tertiary/aromatic N) is 4. The van der Waals surface area contributed by atoms with Crippen LogP contribution in [0.15, 0.2) is 52.8 Å². The summed E-state index contributed by atoms with van der Waals surface area (Å²) in [5.41, 5.74) is 2.39. The van der Waals surface area contributed by atoms with Gasteiger partial charge in [-0.25, -0.2) is 4.98 Å². The molecule has 0 saturated heterocycles. The molecule has 0 aliphatic rings. The zero-order valence-corrected chi connectivity index (χ0v) is 12.2. The molecule has 0 saturated carbocycles. The van der Waals surface area contributed by atoms with Crippen molar-refractivity contribution in [2.24, 2.45) is 10.2 Å². The minimum Gasteiger partial charge on any atom is -0.504 e. The van der Waals surface area contributed by atoms with Crippen LogP contribution in [0, 0.1) is 6.92 Å². The lowest BCUT2D eigenvalue weighted by Gasteiger charge is -1.98. The molecule has 22 heavy (non-hydrogen) atoms. The molecule has 0 aliphatic carbocycles. The fourth-order valence-electron chi connectivity index (χ4n) is 2.14. The standard InChI is InChI=1S/C16H14N4O2/c1-10-15(20-9-3-4-14(22)16(20)17-10)19-18-13-7-5-12(6-8-13)11(2)21/h3-9,22H,1-2H3. The molecule has 6 nitrogen and oxygen atoms in total. The smallest absolute Gasteiger partial charge is 0.182 e. The Morgan fingerprint density at radius 2 is 1.91 bits per heavy atom. The minimum atomic E-state index is 0.0107. The molecule has 0 fully saturated rings. The molecule has 0 unspecified atom stereocenters. The van der Waals surface area contributed by atoms with Crippen LogP contribution in [0.5, 0.6) is 5.75 Å². The number of carbonyl (C=O) groups excluding carboxylic acids is 1. The fourth-order valence-corrected chi connectivity index (χ4v) is 2.14. The van der Waals surface area contributed by atoms with E-state index < -0.39 is 0 Å². The molecule has 3 aromatic rings. The average Bonchev–Trinajstić information content (AvgIpc) is 2.83. The second kappa shape index (κ2) is 5.40. The third-order valence-electron chi connectivity index (χ3n) is 3.31. The predicted molar refractivity (Wildman–Crippen MR) is 82.2 cm³/mol. The van der Waals surface area contributed by atoms with E-state index >= 15 is 0 Å². The number of rotatable bonds is 3. The highest BCUT2D eigenvalue weighted by Crippen LogP contribution is 2.27. The molecule has 0 atom stereocenters. The van der Waals surface area contributed by atoms with E-state index in [-0.39, 0.29) is 11.5 Å². The Kier molecular flexibility index (Phi) is 3.42. The molecule has 110 valence electrons. The number of azo groups is 1. The SMILES string of the molecule is CC(=O)c1ccc(N=Nc2c(C)nc3c(O)cccn23)cc1. The summed E-state index contributed by atoms with van der Waals surface area (Å²) in [5.74, 6) is 0.663. The van der Waals surface area contributed by atoms with E-state index in [2.05, 4.69) is 15.2 Å². The lowest BCUT2D eigenvalue weighted by atomic mass is 10.1. The van der Waals surface area contributed by atoms with E-state index in [4.69, 9.17) is 0 Å². The molecule has 6 heteroatoms. The quantitative estimate of drug-likeness (QED) is 0.586. The number of Topliss-reactive ketones (excluding diaryl/α,β-unsaturated/α-hetero) is 1. The van der Waals surface area contributed by atoms with Crippen LogP contribution >= 0.6 is 0 Å². The highest BCUT2D eigenvalue weighted by molar-refractivity contribution is 5.94. The van der Waals surface area contributed by atoms with Gasteiger partial charge in [0.15, 0.2) is 23.0 Å². The molecule has 1 N–H and O–H groups in total. The Balaban J connectivity index is 1.97. The molecular weight excluding hydrogens is 280 g/mol. The maximum Gasteiger partial charge on any atom is 0.182 e. The molecule has 3 rings (SSSR count). The number of imidazole rings is 1. The van der Waals surface area contributed by atoms with Crippen LogP contribution in [-0.2, 0) is 0 Å². The normalized spacial score (nSPS) is 11.4. The van der Waals surface area contributed by atoms with E-state index in [0.29, 0.717) is 28.4 Å². The number of hydrogen-bond donors (Lipinski definition) is 1. The largest absolute Gasteiger partial charge is 0.504 e. The van der Waals surface area contributed by atoms with Crippen molar-refractivity contribution in [3.8, 4) is 5.75 Å². The van der Waals surface area contributed by atoms with Gasteiger partial charge in [-0.2, -0.15) is 0 Å². The molecule has 0 spiro atoms. The molecule has 0 amide bonds. The van der Waals surface area contributed by atoms with Crippen molar-refractivity contribution in [3.05, 3.63) is 53.9 Å². The van der Waals surface area contributed by atoms with Gasteiger partial charge in [-0.05, 0) is 50.2 Å². The maximum absolute atomic E-state index is 11.2. The van der Waals surface area contributed by atoms with Gasteiger partial charge in [-0.1, -0.05) is 0 Å².